The van der Waals surface area contributed by atoms with E-state index in [9.17, 15) is 0 Å². The van der Waals surface area contributed by atoms with E-state index >= 15 is 0 Å². The molecule has 0 amide bonds. The lowest BCUT2D eigenvalue weighted by Gasteiger charge is -2.44. The van der Waals surface area contributed by atoms with Crippen molar-refractivity contribution in [2.75, 3.05) is 26.2 Å². The van der Waals surface area contributed by atoms with Crippen LogP contribution in [-0.2, 0) is 0 Å². The van der Waals surface area contributed by atoms with Gasteiger partial charge in [0.25, 0.3) is 0 Å². The Kier molecular flexibility index (Phi) is 4.51. The van der Waals surface area contributed by atoms with E-state index in [4.69, 9.17) is 4.74 Å². The van der Waals surface area contributed by atoms with Crippen molar-refractivity contribution < 1.29 is 4.74 Å². The molecule has 110 valence electrons. The first-order valence-electron chi connectivity index (χ1n) is 8.04. The minimum absolute atomic E-state index is 0.521. The highest BCUT2D eigenvalue weighted by Crippen LogP contribution is 2.40. The molecule has 0 aliphatic carbocycles. The molecule has 1 atom stereocenters. The SMILES string of the molecule is CCCCCOc1nccnc1C1CN2CCC1CC2. The Morgan fingerprint density at radius 1 is 1.20 bits per heavy atom. The molecule has 4 heteroatoms. The van der Waals surface area contributed by atoms with Crippen LogP contribution in [0.15, 0.2) is 12.4 Å². The van der Waals surface area contributed by atoms with E-state index in [1.54, 1.807) is 6.20 Å². The quantitative estimate of drug-likeness (QED) is 0.748. The summed E-state index contributed by atoms with van der Waals surface area (Å²) in [4.78, 5) is 11.6. The van der Waals surface area contributed by atoms with Crippen LogP contribution >= 0.6 is 0 Å². The summed E-state index contributed by atoms with van der Waals surface area (Å²) in [5, 5.41) is 0. The molecule has 2 bridgehead atoms. The van der Waals surface area contributed by atoms with Gasteiger partial charge in [-0.15, -0.1) is 0 Å². The standard InChI is InChI=1S/C16H25N3O/c1-2-3-4-11-20-16-15(17-7-8-18-16)14-12-19-9-5-13(14)6-10-19/h7-8,13-14H,2-6,9-12H2,1H3. The number of piperidine rings is 3. The van der Waals surface area contributed by atoms with Crippen LogP contribution in [0.5, 0.6) is 5.88 Å². The van der Waals surface area contributed by atoms with Crippen LogP contribution in [0.4, 0.5) is 0 Å². The van der Waals surface area contributed by atoms with Gasteiger partial charge in [-0.3, -0.25) is 4.98 Å². The smallest absolute Gasteiger partial charge is 0.235 e. The molecule has 4 rings (SSSR count). The predicted octanol–water partition coefficient (Wildman–Crippen LogP) is 2.85. The molecule has 3 saturated heterocycles. The molecule has 0 aromatic carbocycles. The number of aromatic nitrogens is 2. The second kappa shape index (κ2) is 6.53. The summed E-state index contributed by atoms with van der Waals surface area (Å²) in [6.07, 6.45) is 9.71. The molecule has 4 nitrogen and oxygen atoms in total. The zero-order valence-electron chi connectivity index (χ0n) is 12.4. The molecule has 0 saturated carbocycles. The van der Waals surface area contributed by atoms with Crippen LogP contribution in [-0.4, -0.2) is 41.1 Å². The van der Waals surface area contributed by atoms with E-state index in [0.29, 0.717) is 5.92 Å². The van der Waals surface area contributed by atoms with Gasteiger partial charge in [0, 0.05) is 24.9 Å². The summed E-state index contributed by atoms with van der Waals surface area (Å²) in [7, 11) is 0. The van der Waals surface area contributed by atoms with E-state index in [1.165, 1.54) is 38.8 Å². The summed E-state index contributed by atoms with van der Waals surface area (Å²) in [6, 6.07) is 0. The monoisotopic (exact) mass is 275 g/mol. The molecule has 0 N–H and O–H groups in total. The number of hydrogen-bond donors (Lipinski definition) is 0. The van der Waals surface area contributed by atoms with Crippen LogP contribution in [0.3, 0.4) is 0 Å². The average molecular weight is 275 g/mol. The minimum atomic E-state index is 0.521. The van der Waals surface area contributed by atoms with Crippen molar-refractivity contribution in [1.29, 1.82) is 0 Å². The fraction of sp³-hybridized carbons (Fsp3) is 0.750. The van der Waals surface area contributed by atoms with Gasteiger partial charge in [0.1, 0.15) is 5.69 Å². The molecule has 0 radical (unpaired) electrons. The molecule has 1 aromatic rings. The molecule has 20 heavy (non-hydrogen) atoms. The molecule has 3 aliphatic heterocycles. The second-order valence-electron chi connectivity index (χ2n) is 6.05. The molecule has 3 fully saturated rings. The number of ether oxygens (including phenoxy) is 1. The topological polar surface area (TPSA) is 38.3 Å². The molecule has 1 unspecified atom stereocenters. The van der Waals surface area contributed by atoms with Gasteiger partial charge in [0.2, 0.25) is 5.88 Å². The molecular formula is C16H25N3O. The highest BCUT2D eigenvalue weighted by molar-refractivity contribution is 5.24. The van der Waals surface area contributed by atoms with Crippen molar-refractivity contribution in [3.05, 3.63) is 18.1 Å². The fourth-order valence-corrected chi connectivity index (χ4v) is 3.50. The van der Waals surface area contributed by atoms with E-state index in [-0.39, 0.29) is 0 Å². The average Bonchev–Trinajstić information content (AvgIpc) is 2.53. The molecule has 0 spiro atoms. The zero-order valence-corrected chi connectivity index (χ0v) is 12.4. The van der Waals surface area contributed by atoms with Gasteiger partial charge in [0.15, 0.2) is 0 Å². The summed E-state index contributed by atoms with van der Waals surface area (Å²) in [6.45, 7) is 6.62. The van der Waals surface area contributed by atoms with Gasteiger partial charge in [-0.25, -0.2) is 4.98 Å². The Morgan fingerprint density at radius 3 is 2.70 bits per heavy atom. The Labute approximate surface area is 121 Å². The third kappa shape index (κ3) is 2.95. The summed E-state index contributed by atoms with van der Waals surface area (Å²) >= 11 is 0. The van der Waals surface area contributed by atoms with Gasteiger partial charge in [-0.1, -0.05) is 19.8 Å². The maximum Gasteiger partial charge on any atom is 0.235 e. The van der Waals surface area contributed by atoms with Crippen LogP contribution in [0, 0.1) is 5.92 Å². The minimum Gasteiger partial charge on any atom is -0.476 e. The van der Waals surface area contributed by atoms with Crippen molar-refractivity contribution >= 4 is 0 Å². The van der Waals surface area contributed by atoms with Crippen molar-refractivity contribution in [2.45, 2.75) is 44.9 Å². The van der Waals surface area contributed by atoms with Gasteiger partial charge >= 0.3 is 0 Å². The lowest BCUT2D eigenvalue weighted by atomic mass is 9.77. The van der Waals surface area contributed by atoms with Crippen molar-refractivity contribution in [2.24, 2.45) is 5.92 Å². The number of fused-ring (bicyclic) bond motifs is 3. The molecule has 1 aromatic heterocycles. The van der Waals surface area contributed by atoms with E-state index in [1.807, 2.05) is 6.20 Å². The normalized spacial score (nSPS) is 28.6. The van der Waals surface area contributed by atoms with Crippen LogP contribution in [0.2, 0.25) is 0 Å². The largest absolute Gasteiger partial charge is 0.476 e. The first-order chi connectivity index (χ1) is 9.88. The van der Waals surface area contributed by atoms with Crippen LogP contribution < -0.4 is 4.74 Å². The highest BCUT2D eigenvalue weighted by Gasteiger charge is 2.37. The van der Waals surface area contributed by atoms with Gasteiger partial charge < -0.3 is 9.64 Å². The van der Waals surface area contributed by atoms with Gasteiger partial charge in [-0.05, 0) is 38.3 Å². The Balaban J connectivity index is 1.69. The van der Waals surface area contributed by atoms with E-state index < -0.39 is 0 Å². The first kappa shape index (κ1) is 13.8. The number of rotatable bonds is 6. The Bertz CT molecular complexity index is 429. The van der Waals surface area contributed by atoms with Gasteiger partial charge in [0.05, 0.1) is 6.61 Å². The third-order valence-electron chi connectivity index (χ3n) is 4.69. The maximum absolute atomic E-state index is 5.91. The third-order valence-corrected chi connectivity index (χ3v) is 4.69. The predicted molar refractivity (Wildman–Crippen MR) is 79.0 cm³/mol. The van der Waals surface area contributed by atoms with Crippen molar-refractivity contribution in [1.82, 2.24) is 14.9 Å². The maximum atomic E-state index is 5.91. The summed E-state index contributed by atoms with van der Waals surface area (Å²) in [5.74, 6) is 2.07. The number of nitrogens with zero attached hydrogens (tertiary/aromatic N) is 3. The second-order valence-corrected chi connectivity index (χ2v) is 6.05. The van der Waals surface area contributed by atoms with E-state index in [2.05, 4.69) is 21.8 Å². The Morgan fingerprint density at radius 2 is 2.00 bits per heavy atom. The molecule has 4 heterocycles. The lowest BCUT2D eigenvalue weighted by Crippen LogP contribution is -2.46. The Hall–Kier alpha value is -1.16. The molecular weight excluding hydrogens is 250 g/mol. The van der Waals surface area contributed by atoms with Crippen molar-refractivity contribution in [3.63, 3.8) is 0 Å². The number of hydrogen-bond acceptors (Lipinski definition) is 4. The summed E-state index contributed by atoms with van der Waals surface area (Å²) in [5.41, 5.74) is 1.10. The van der Waals surface area contributed by atoms with Crippen LogP contribution in [0.25, 0.3) is 0 Å². The lowest BCUT2D eigenvalue weighted by molar-refractivity contribution is 0.0834. The fourth-order valence-electron chi connectivity index (χ4n) is 3.50. The summed E-state index contributed by atoms with van der Waals surface area (Å²) < 4.78 is 5.91. The highest BCUT2D eigenvalue weighted by atomic mass is 16.5. The van der Waals surface area contributed by atoms with Crippen molar-refractivity contribution in [3.8, 4) is 5.88 Å². The van der Waals surface area contributed by atoms with Crippen LogP contribution in [0.1, 0.15) is 50.6 Å². The number of unbranched alkanes of at least 4 members (excludes halogenated alkanes) is 2. The molecule has 3 aliphatic rings. The zero-order chi connectivity index (χ0) is 13.8. The van der Waals surface area contributed by atoms with Gasteiger partial charge in [-0.2, -0.15) is 0 Å². The van der Waals surface area contributed by atoms with E-state index in [0.717, 1.165) is 37.1 Å². The first-order valence-corrected chi connectivity index (χ1v) is 8.04.